The van der Waals surface area contributed by atoms with E-state index in [0.717, 1.165) is 10.0 Å². The number of rotatable bonds is 3. The van der Waals surface area contributed by atoms with Crippen molar-refractivity contribution in [1.82, 2.24) is 0 Å². The number of anilines is 1. The van der Waals surface area contributed by atoms with E-state index in [1.165, 1.54) is 0 Å². The van der Waals surface area contributed by atoms with Crippen LogP contribution in [0.15, 0.2) is 22.7 Å². The molecule has 0 aliphatic carbocycles. The van der Waals surface area contributed by atoms with Gasteiger partial charge in [-0.1, -0.05) is 6.07 Å². The summed E-state index contributed by atoms with van der Waals surface area (Å²) in [5.74, 6) is 0. The maximum Gasteiger partial charge on any atom is 0.235 e. The lowest BCUT2D eigenvalue weighted by Crippen LogP contribution is -2.22. The Morgan fingerprint density at radius 1 is 1.33 bits per heavy atom. The Hall–Kier alpha value is -0.550. The first-order valence-corrected chi connectivity index (χ1v) is 6.94. The molecule has 1 rings (SSSR count). The van der Waals surface area contributed by atoms with Gasteiger partial charge in [0.2, 0.25) is 10.0 Å². The first kappa shape index (κ1) is 12.5. The summed E-state index contributed by atoms with van der Waals surface area (Å²) < 4.78 is 26.5. The Morgan fingerprint density at radius 2 is 1.93 bits per heavy atom. The molecule has 0 spiro atoms. The highest BCUT2D eigenvalue weighted by Gasteiger charge is 2.16. The summed E-state index contributed by atoms with van der Waals surface area (Å²) in [6.45, 7) is 5.24. The number of benzene rings is 1. The molecule has 0 aliphatic rings. The highest BCUT2D eigenvalue weighted by Crippen LogP contribution is 2.24. The van der Waals surface area contributed by atoms with Crippen LogP contribution in [-0.4, -0.2) is 13.7 Å². The van der Waals surface area contributed by atoms with Crippen molar-refractivity contribution in [2.24, 2.45) is 0 Å². The van der Waals surface area contributed by atoms with Crippen molar-refractivity contribution in [3.63, 3.8) is 0 Å². The Balaban J connectivity index is 3.01. The lowest BCUT2D eigenvalue weighted by molar-refractivity contribution is 0.593. The van der Waals surface area contributed by atoms with Crippen molar-refractivity contribution in [1.29, 1.82) is 0 Å². The highest BCUT2D eigenvalue weighted by molar-refractivity contribution is 9.10. The molecule has 1 aromatic carbocycles. The summed E-state index contributed by atoms with van der Waals surface area (Å²) in [7, 11) is -3.27. The van der Waals surface area contributed by atoms with Crippen LogP contribution in [0.1, 0.15) is 19.4 Å². The number of hydrogen-bond acceptors (Lipinski definition) is 2. The fourth-order valence-electron chi connectivity index (χ4n) is 0.974. The molecule has 0 aliphatic heterocycles. The van der Waals surface area contributed by atoms with Gasteiger partial charge in [0.05, 0.1) is 10.9 Å². The van der Waals surface area contributed by atoms with Gasteiger partial charge in [-0.2, -0.15) is 0 Å². The zero-order valence-corrected chi connectivity index (χ0v) is 11.3. The zero-order valence-electron chi connectivity index (χ0n) is 8.91. The number of hydrogen-bond donors (Lipinski definition) is 1. The molecule has 3 nitrogen and oxygen atoms in total. The summed E-state index contributed by atoms with van der Waals surface area (Å²) in [5.41, 5.74) is 1.66. The van der Waals surface area contributed by atoms with E-state index in [9.17, 15) is 8.42 Å². The Morgan fingerprint density at radius 3 is 2.40 bits per heavy atom. The van der Waals surface area contributed by atoms with Gasteiger partial charge in [-0.25, -0.2) is 8.42 Å². The minimum Gasteiger partial charge on any atom is -0.282 e. The molecule has 0 radical (unpaired) electrons. The van der Waals surface area contributed by atoms with Crippen molar-refractivity contribution in [3.05, 3.63) is 28.2 Å². The molecule has 5 heteroatoms. The van der Waals surface area contributed by atoms with E-state index in [-0.39, 0.29) is 0 Å². The van der Waals surface area contributed by atoms with E-state index in [1.54, 1.807) is 19.9 Å². The maximum absolute atomic E-state index is 11.6. The topological polar surface area (TPSA) is 46.2 Å². The first-order chi connectivity index (χ1) is 6.83. The third kappa shape index (κ3) is 3.21. The molecule has 0 saturated carbocycles. The van der Waals surface area contributed by atoms with E-state index in [4.69, 9.17) is 0 Å². The Labute approximate surface area is 99.1 Å². The van der Waals surface area contributed by atoms with E-state index in [0.29, 0.717) is 5.69 Å². The molecule has 15 heavy (non-hydrogen) atoms. The van der Waals surface area contributed by atoms with Crippen LogP contribution >= 0.6 is 15.9 Å². The van der Waals surface area contributed by atoms with Gasteiger partial charge < -0.3 is 0 Å². The van der Waals surface area contributed by atoms with Crippen LogP contribution in [0.25, 0.3) is 0 Å². The van der Waals surface area contributed by atoms with Gasteiger partial charge >= 0.3 is 0 Å². The summed E-state index contributed by atoms with van der Waals surface area (Å²) >= 11 is 3.32. The van der Waals surface area contributed by atoms with Crippen molar-refractivity contribution in [2.45, 2.75) is 26.0 Å². The fraction of sp³-hybridized carbons (Fsp3) is 0.400. The molecule has 0 unspecified atom stereocenters. The molecule has 84 valence electrons. The molecular weight excluding hydrogens is 278 g/mol. The standard InChI is InChI=1S/C10H14BrNO2S/c1-7(2)15(13,14)12-10-5-4-8(3)6-9(10)11/h4-7,12H,1-3H3. The Kier molecular flexibility index (Phi) is 3.78. The average molecular weight is 292 g/mol. The van der Waals surface area contributed by atoms with Gasteiger partial charge in [0.1, 0.15) is 0 Å². The van der Waals surface area contributed by atoms with Crippen LogP contribution in [-0.2, 0) is 10.0 Å². The summed E-state index contributed by atoms with van der Waals surface area (Å²) in [5, 5.41) is -0.439. The summed E-state index contributed by atoms with van der Waals surface area (Å²) in [6.07, 6.45) is 0. The molecule has 1 N–H and O–H groups in total. The largest absolute Gasteiger partial charge is 0.282 e. The van der Waals surface area contributed by atoms with Gasteiger partial charge in [-0.15, -0.1) is 0 Å². The molecule has 0 atom stereocenters. The SMILES string of the molecule is Cc1ccc(NS(=O)(=O)C(C)C)c(Br)c1. The minimum atomic E-state index is -3.27. The normalized spacial score (nSPS) is 11.8. The van der Waals surface area contributed by atoms with Gasteiger partial charge in [0, 0.05) is 4.47 Å². The number of sulfonamides is 1. The highest BCUT2D eigenvalue weighted by atomic mass is 79.9. The summed E-state index contributed by atoms with van der Waals surface area (Å²) in [4.78, 5) is 0. The third-order valence-electron chi connectivity index (χ3n) is 2.00. The average Bonchev–Trinajstić information content (AvgIpc) is 2.09. The second-order valence-corrected chi connectivity index (χ2v) is 6.77. The maximum atomic E-state index is 11.6. The molecule has 0 heterocycles. The van der Waals surface area contributed by atoms with E-state index in [1.807, 2.05) is 19.1 Å². The lowest BCUT2D eigenvalue weighted by Gasteiger charge is -2.12. The second kappa shape index (κ2) is 4.53. The van der Waals surface area contributed by atoms with Crippen LogP contribution in [0, 0.1) is 6.92 Å². The van der Waals surface area contributed by atoms with Crippen molar-refractivity contribution >= 4 is 31.6 Å². The van der Waals surface area contributed by atoms with Crippen LogP contribution < -0.4 is 4.72 Å². The predicted molar refractivity (Wildman–Crippen MR) is 66.6 cm³/mol. The van der Waals surface area contributed by atoms with Crippen LogP contribution in [0.4, 0.5) is 5.69 Å². The third-order valence-corrected chi connectivity index (χ3v) is 4.40. The van der Waals surface area contributed by atoms with Crippen LogP contribution in [0.2, 0.25) is 0 Å². The fourth-order valence-corrected chi connectivity index (χ4v) is 2.42. The van der Waals surface area contributed by atoms with E-state index >= 15 is 0 Å². The predicted octanol–water partition coefficient (Wildman–Crippen LogP) is 2.91. The smallest absolute Gasteiger partial charge is 0.235 e. The van der Waals surface area contributed by atoms with E-state index < -0.39 is 15.3 Å². The van der Waals surface area contributed by atoms with Gasteiger partial charge in [-0.3, -0.25) is 4.72 Å². The molecular formula is C10H14BrNO2S. The molecule has 0 aromatic heterocycles. The molecule has 0 fully saturated rings. The monoisotopic (exact) mass is 291 g/mol. The molecule has 0 saturated heterocycles. The van der Waals surface area contributed by atoms with Crippen molar-refractivity contribution in [2.75, 3.05) is 4.72 Å². The van der Waals surface area contributed by atoms with Gasteiger partial charge in [0.25, 0.3) is 0 Å². The number of halogens is 1. The first-order valence-electron chi connectivity index (χ1n) is 4.60. The van der Waals surface area contributed by atoms with Crippen LogP contribution in [0.5, 0.6) is 0 Å². The van der Waals surface area contributed by atoms with Crippen LogP contribution in [0.3, 0.4) is 0 Å². The number of aryl methyl sites for hydroxylation is 1. The number of nitrogens with one attached hydrogen (secondary N) is 1. The van der Waals surface area contributed by atoms with Crippen molar-refractivity contribution in [3.8, 4) is 0 Å². The van der Waals surface area contributed by atoms with Crippen molar-refractivity contribution < 1.29 is 8.42 Å². The second-order valence-electron chi connectivity index (χ2n) is 3.68. The van der Waals surface area contributed by atoms with Gasteiger partial charge in [0.15, 0.2) is 0 Å². The van der Waals surface area contributed by atoms with Gasteiger partial charge in [-0.05, 0) is 54.4 Å². The molecule has 0 bridgehead atoms. The molecule has 1 aromatic rings. The minimum absolute atomic E-state index is 0.439. The lowest BCUT2D eigenvalue weighted by atomic mass is 10.2. The summed E-state index contributed by atoms with van der Waals surface area (Å²) in [6, 6.07) is 5.49. The Bertz CT molecular complexity index is 454. The van der Waals surface area contributed by atoms with E-state index in [2.05, 4.69) is 20.7 Å². The quantitative estimate of drug-likeness (QED) is 0.931. The molecule has 0 amide bonds. The zero-order chi connectivity index (χ0) is 11.6.